The van der Waals surface area contributed by atoms with Crippen molar-refractivity contribution in [1.82, 2.24) is 15.3 Å². The van der Waals surface area contributed by atoms with Crippen molar-refractivity contribution in [2.75, 3.05) is 6.61 Å². The van der Waals surface area contributed by atoms with Crippen LogP contribution in [-0.4, -0.2) is 44.7 Å². The van der Waals surface area contributed by atoms with Gasteiger partial charge >= 0.3 is 5.97 Å². The Morgan fingerprint density at radius 2 is 1.91 bits per heavy atom. The molecule has 0 saturated heterocycles. The molecule has 1 aromatic carbocycles. The highest BCUT2D eigenvalue weighted by molar-refractivity contribution is 6.42. The number of nitrogens with one attached hydrogen (secondary N) is 1. The molecule has 0 aliphatic carbocycles. The Morgan fingerprint density at radius 1 is 1.17 bits per heavy atom. The molecule has 1 aromatic heterocycles. The molecule has 0 saturated carbocycles. The van der Waals surface area contributed by atoms with Crippen molar-refractivity contribution in [2.24, 2.45) is 0 Å². The van der Waals surface area contributed by atoms with Crippen LogP contribution < -0.4 is 5.32 Å². The summed E-state index contributed by atoms with van der Waals surface area (Å²) < 4.78 is 0. The van der Waals surface area contributed by atoms with Crippen molar-refractivity contribution < 1.29 is 19.8 Å². The number of aliphatic hydroxyl groups is 1. The molecule has 7 nitrogen and oxygen atoms in total. The van der Waals surface area contributed by atoms with Crippen LogP contribution in [0.4, 0.5) is 0 Å². The fourth-order valence-corrected chi connectivity index (χ4v) is 2.01. The number of hydrogen-bond donors (Lipinski definition) is 3. The van der Waals surface area contributed by atoms with Gasteiger partial charge in [-0.15, -0.1) is 0 Å². The maximum Gasteiger partial charge on any atom is 0.328 e. The summed E-state index contributed by atoms with van der Waals surface area (Å²) in [6.45, 7) is -0.730. The Kier molecular flexibility index (Phi) is 5.49. The molecule has 0 radical (unpaired) electrons. The van der Waals surface area contributed by atoms with Gasteiger partial charge in [-0.2, -0.15) is 0 Å². The third-order valence-electron chi connectivity index (χ3n) is 2.90. The Balaban J connectivity index is 2.27. The van der Waals surface area contributed by atoms with Crippen LogP contribution in [0.1, 0.15) is 10.5 Å². The lowest BCUT2D eigenvalue weighted by molar-refractivity contribution is -0.140. The predicted molar refractivity (Wildman–Crippen MR) is 83.5 cm³/mol. The quantitative estimate of drug-likeness (QED) is 0.751. The monoisotopic (exact) mass is 355 g/mol. The number of aliphatic carboxylic acids is 1. The van der Waals surface area contributed by atoms with Gasteiger partial charge in [-0.05, 0) is 18.2 Å². The second-order valence-electron chi connectivity index (χ2n) is 4.46. The normalized spacial score (nSPS) is 11.8. The van der Waals surface area contributed by atoms with E-state index in [1.54, 1.807) is 18.2 Å². The number of rotatable bonds is 5. The molecule has 0 aliphatic heterocycles. The molecule has 0 bridgehead atoms. The summed E-state index contributed by atoms with van der Waals surface area (Å²) in [4.78, 5) is 30.7. The topological polar surface area (TPSA) is 112 Å². The van der Waals surface area contributed by atoms with Gasteiger partial charge in [0.2, 0.25) is 0 Å². The first kappa shape index (κ1) is 17.1. The summed E-state index contributed by atoms with van der Waals surface area (Å²) in [6, 6.07) is 4.82. The number of nitrogens with zero attached hydrogens (tertiary/aromatic N) is 2. The molecule has 0 spiro atoms. The van der Waals surface area contributed by atoms with Crippen LogP contribution in [0, 0.1) is 0 Å². The van der Waals surface area contributed by atoms with Crippen LogP contribution in [0.2, 0.25) is 10.0 Å². The summed E-state index contributed by atoms with van der Waals surface area (Å²) in [5, 5.41) is 20.6. The minimum absolute atomic E-state index is 0.0410. The average molecular weight is 356 g/mol. The predicted octanol–water partition coefficient (Wildman–Crippen LogP) is 1.63. The van der Waals surface area contributed by atoms with Crippen LogP contribution in [-0.2, 0) is 4.79 Å². The number of hydrogen-bond acceptors (Lipinski definition) is 5. The number of aromatic nitrogens is 2. The average Bonchev–Trinajstić information content (AvgIpc) is 2.54. The van der Waals surface area contributed by atoms with Gasteiger partial charge in [-0.25, -0.2) is 14.8 Å². The third-order valence-corrected chi connectivity index (χ3v) is 3.64. The first-order valence-corrected chi connectivity index (χ1v) is 7.10. The minimum atomic E-state index is -1.41. The zero-order valence-corrected chi connectivity index (χ0v) is 13.0. The molecule has 2 rings (SSSR count). The fourth-order valence-electron chi connectivity index (χ4n) is 1.71. The van der Waals surface area contributed by atoms with E-state index < -0.39 is 24.5 Å². The van der Waals surface area contributed by atoms with E-state index in [0.29, 0.717) is 21.3 Å². The SMILES string of the molecule is O=C(N[C@@H](CO)C(=O)O)c1cc(-c2ccc(Cl)c(Cl)c2)ncn1. The van der Waals surface area contributed by atoms with Crippen molar-refractivity contribution in [3.63, 3.8) is 0 Å². The van der Waals surface area contributed by atoms with Crippen LogP contribution in [0.3, 0.4) is 0 Å². The second kappa shape index (κ2) is 7.36. The van der Waals surface area contributed by atoms with Crippen molar-refractivity contribution in [3.05, 3.63) is 46.3 Å². The van der Waals surface area contributed by atoms with Gasteiger partial charge in [0.15, 0.2) is 6.04 Å². The van der Waals surface area contributed by atoms with Gasteiger partial charge in [0.05, 0.1) is 22.3 Å². The van der Waals surface area contributed by atoms with E-state index in [2.05, 4.69) is 15.3 Å². The maximum atomic E-state index is 12.0. The van der Waals surface area contributed by atoms with Crippen molar-refractivity contribution in [3.8, 4) is 11.3 Å². The number of carboxylic acid groups (broad SMARTS) is 1. The molecule has 1 heterocycles. The Bertz CT molecular complexity index is 755. The van der Waals surface area contributed by atoms with E-state index in [-0.39, 0.29) is 5.69 Å². The summed E-state index contributed by atoms with van der Waals surface area (Å²) in [7, 11) is 0. The molecule has 2 aromatic rings. The standard InChI is InChI=1S/C14H11Cl2N3O4/c15-8-2-1-7(3-9(8)16)10-4-11(18-6-17-10)13(21)19-12(5-20)14(22)23/h1-4,6,12,20H,5H2,(H,19,21)(H,22,23)/t12-/m0/s1. The Hall–Kier alpha value is -2.22. The van der Waals surface area contributed by atoms with Gasteiger partial charge in [0.25, 0.3) is 5.91 Å². The number of halogens is 2. The molecule has 23 heavy (non-hydrogen) atoms. The summed E-state index contributed by atoms with van der Waals surface area (Å²) in [5.41, 5.74) is 0.994. The summed E-state index contributed by atoms with van der Waals surface area (Å²) >= 11 is 11.8. The second-order valence-corrected chi connectivity index (χ2v) is 5.28. The molecule has 0 aliphatic rings. The van der Waals surface area contributed by atoms with E-state index in [9.17, 15) is 9.59 Å². The minimum Gasteiger partial charge on any atom is -0.480 e. The molecule has 1 atom stereocenters. The molecule has 3 N–H and O–H groups in total. The number of benzene rings is 1. The maximum absolute atomic E-state index is 12.0. The highest BCUT2D eigenvalue weighted by Gasteiger charge is 2.20. The molecular weight excluding hydrogens is 345 g/mol. The number of carboxylic acids is 1. The number of amides is 1. The van der Waals surface area contributed by atoms with E-state index >= 15 is 0 Å². The zero-order chi connectivity index (χ0) is 17.0. The van der Waals surface area contributed by atoms with Crippen LogP contribution in [0.5, 0.6) is 0 Å². The number of carbonyl (C=O) groups excluding carboxylic acids is 1. The van der Waals surface area contributed by atoms with Crippen LogP contribution >= 0.6 is 23.2 Å². The molecule has 0 fully saturated rings. The van der Waals surface area contributed by atoms with Gasteiger partial charge in [-0.3, -0.25) is 4.79 Å². The molecular formula is C14H11Cl2N3O4. The largest absolute Gasteiger partial charge is 0.480 e. The van der Waals surface area contributed by atoms with Gasteiger partial charge < -0.3 is 15.5 Å². The molecule has 120 valence electrons. The number of aliphatic hydroxyl groups excluding tert-OH is 1. The van der Waals surface area contributed by atoms with E-state index in [1.807, 2.05) is 0 Å². The fraction of sp³-hybridized carbons (Fsp3) is 0.143. The van der Waals surface area contributed by atoms with Gasteiger partial charge in [0, 0.05) is 5.56 Å². The highest BCUT2D eigenvalue weighted by atomic mass is 35.5. The van der Waals surface area contributed by atoms with Crippen molar-refractivity contribution in [2.45, 2.75) is 6.04 Å². The van der Waals surface area contributed by atoms with Gasteiger partial charge in [0.1, 0.15) is 12.0 Å². The molecule has 0 unspecified atom stereocenters. The lowest BCUT2D eigenvalue weighted by Crippen LogP contribution is -2.43. The highest BCUT2D eigenvalue weighted by Crippen LogP contribution is 2.27. The van der Waals surface area contributed by atoms with E-state index in [0.717, 1.165) is 0 Å². The number of carbonyl (C=O) groups is 2. The molecule has 1 amide bonds. The van der Waals surface area contributed by atoms with Crippen LogP contribution in [0.25, 0.3) is 11.3 Å². The lowest BCUT2D eigenvalue weighted by Gasteiger charge is -2.11. The van der Waals surface area contributed by atoms with E-state index in [1.165, 1.54) is 12.4 Å². The Labute approximate surface area is 140 Å². The smallest absolute Gasteiger partial charge is 0.328 e. The lowest BCUT2D eigenvalue weighted by atomic mass is 10.1. The zero-order valence-electron chi connectivity index (χ0n) is 11.5. The summed E-state index contributed by atoms with van der Waals surface area (Å²) in [6.07, 6.45) is 1.17. The van der Waals surface area contributed by atoms with E-state index in [4.69, 9.17) is 33.4 Å². The van der Waals surface area contributed by atoms with Crippen molar-refractivity contribution >= 4 is 35.1 Å². The first-order valence-electron chi connectivity index (χ1n) is 6.34. The van der Waals surface area contributed by atoms with Gasteiger partial charge in [-0.1, -0.05) is 29.3 Å². The van der Waals surface area contributed by atoms with Crippen LogP contribution in [0.15, 0.2) is 30.6 Å². The summed E-state index contributed by atoms with van der Waals surface area (Å²) in [5.74, 6) is -2.09. The Morgan fingerprint density at radius 3 is 2.52 bits per heavy atom. The third kappa shape index (κ3) is 4.16. The molecule has 9 heteroatoms. The van der Waals surface area contributed by atoms with Crippen molar-refractivity contribution in [1.29, 1.82) is 0 Å². The first-order chi connectivity index (χ1) is 10.9.